The molecule has 0 unspecified atom stereocenters. The molecular weight excluding hydrogens is 300 g/mol. The molecule has 0 aliphatic carbocycles. The fourth-order valence-electron chi connectivity index (χ4n) is 3.78. The van der Waals surface area contributed by atoms with Gasteiger partial charge >= 0.3 is 6.09 Å². The number of para-hydroxylation sites is 1. The van der Waals surface area contributed by atoms with Crippen molar-refractivity contribution in [1.29, 1.82) is 0 Å². The quantitative estimate of drug-likeness (QED) is 0.929. The molecule has 0 radical (unpaired) electrons. The number of piperidine rings is 3. The Labute approximate surface area is 142 Å². The minimum atomic E-state index is -0.350. The molecule has 2 aromatic carbocycles. The summed E-state index contributed by atoms with van der Waals surface area (Å²) in [6, 6.07) is 17.9. The fraction of sp³-hybridized carbons (Fsp3) is 0.350. The van der Waals surface area contributed by atoms with Gasteiger partial charge < -0.3 is 4.74 Å². The normalized spacial score (nSPS) is 25.2. The Morgan fingerprint density at radius 3 is 2.42 bits per heavy atom. The van der Waals surface area contributed by atoms with Gasteiger partial charge in [-0.3, -0.25) is 10.2 Å². The lowest BCUT2D eigenvalue weighted by molar-refractivity contribution is -0.0289. The molecule has 5 rings (SSSR count). The van der Waals surface area contributed by atoms with Crippen LogP contribution >= 0.6 is 0 Å². The number of carbonyl (C=O) groups excluding carboxylic acids is 1. The van der Waals surface area contributed by atoms with Crippen molar-refractivity contribution in [3.8, 4) is 11.1 Å². The molecule has 124 valence electrons. The maximum atomic E-state index is 12.4. The van der Waals surface area contributed by atoms with E-state index in [1.54, 1.807) is 0 Å². The molecule has 1 amide bonds. The smallest absolute Gasteiger partial charge is 0.411 e. The van der Waals surface area contributed by atoms with Crippen LogP contribution in [0.2, 0.25) is 0 Å². The predicted octanol–water partition coefficient (Wildman–Crippen LogP) is 4.00. The molecule has 2 bridgehead atoms. The third kappa shape index (κ3) is 3.15. The number of amides is 1. The maximum Gasteiger partial charge on any atom is 0.411 e. The number of nitrogens with one attached hydrogen (secondary N) is 1. The van der Waals surface area contributed by atoms with Crippen LogP contribution in [0, 0.1) is 5.92 Å². The second kappa shape index (κ2) is 6.65. The lowest BCUT2D eigenvalue weighted by atomic mass is 9.86. The van der Waals surface area contributed by atoms with E-state index in [9.17, 15) is 4.79 Å². The number of hydrogen-bond acceptors (Lipinski definition) is 3. The molecule has 4 nitrogen and oxygen atoms in total. The van der Waals surface area contributed by atoms with Gasteiger partial charge in [0.15, 0.2) is 0 Å². The van der Waals surface area contributed by atoms with Crippen molar-refractivity contribution < 1.29 is 9.53 Å². The number of anilines is 1. The number of nitrogens with zero attached hydrogens (tertiary/aromatic N) is 1. The Balaban J connectivity index is 1.47. The van der Waals surface area contributed by atoms with E-state index < -0.39 is 0 Å². The third-order valence-electron chi connectivity index (χ3n) is 5.10. The molecule has 3 aliphatic heterocycles. The Morgan fingerprint density at radius 1 is 1.00 bits per heavy atom. The topological polar surface area (TPSA) is 41.6 Å². The molecule has 0 saturated carbocycles. The van der Waals surface area contributed by atoms with Gasteiger partial charge in [0.25, 0.3) is 0 Å². The van der Waals surface area contributed by atoms with Crippen LogP contribution in [0.4, 0.5) is 10.5 Å². The van der Waals surface area contributed by atoms with Gasteiger partial charge in [-0.25, -0.2) is 4.79 Å². The van der Waals surface area contributed by atoms with Crippen molar-refractivity contribution in [3.05, 3.63) is 54.6 Å². The monoisotopic (exact) mass is 322 g/mol. The van der Waals surface area contributed by atoms with Crippen LogP contribution in [-0.2, 0) is 4.74 Å². The van der Waals surface area contributed by atoms with Gasteiger partial charge in [-0.15, -0.1) is 0 Å². The average Bonchev–Trinajstić information content (AvgIpc) is 2.64. The fourth-order valence-corrected chi connectivity index (χ4v) is 3.78. The Morgan fingerprint density at radius 2 is 1.71 bits per heavy atom. The zero-order chi connectivity index (χ0) is 16.4. The van der Waals surface area contributed by atoms with Gasteiger partial charge in [0.1, 0.15) is 6.10 Å². The van der Waals surface area contributed by atoms with Crippen LogP contribution in [0.25, 0.3) is 11.1 Å². The number of fused-ring (bicyclic) bond motifs is 3. The molecule has 24 heavy (non-hydrogen) atoms. The lowest BCUT2D eigenvalue weighted by Gasteiger charge is -2.43. The minimum absolute atomic E-state index is 0.0244. The van der Waals surface area contributed by atoms with E-state index in [1.807, 2.05) is 54.6 Å². The van der Waals surface area contributed by atoms with Gasteiger partial charge in [-0.05, 0) is 43.5 Å². The summed E-state index contributed by atoms with van der Waals surface area (Å²) < 4.78 is 5.73. The molecule has 3 aliphatic rings. The SMILES string of the molecule is O=C(Nc1ccccc1-c1ccccc1)O[C@@H]1CN2CCC1CC2. The van der Waals surface area contributed by atoms with Crippen LogP contribution in [0.3, 0.4) is 0 Å². The van der Waals surface area contributed by atoms with Gasteiger partial charge in [0.2, 0.25) is 0 Å². The number of benzene rings is 2. The van der Waals surface area contributed by atoms with E-state index in [1.165, 1.54) is 0 Å². The van der Waals surface area contributed by atoms with Crippen molar-refractivity contribution in [3.63, 3.8) is 0 Å². The van der Waals surface area contributed by atoms with Gasteiger partial charge in [-0.1, -0.05) is 48.5 Å². The number of carbonyl (C=O) groups is 1. The summed E-state index contributed by atoms with van der Waals surface area (Å²) in [5.74, 6) is 0.519. The van der Waals surface area contributed by atoms with Crippen molar-refractivity contribution in [2.24, 2.45) is 5.92 Å². The van der Waals surface area contributed by atoms with Crippen LogP contribution < -0.4 is 5.32 Å². The predicted molar refractivity (Wildman–Crippen MR) is 94.9 cm³/mol. The molecular formula is C20H22N2O2. The Hall–Kier alpha value is -2.33. The van der Waals surface area contributed by atoms with E-state index in [0.717, 1.165) is 49.3 Å². The number of hydrogen-bond donors (Lipinski definition) is 1. The zero-order valence-corrected chi connectivity index (χ0v) is 13.7. The average molecular weight is 322 g/mol. The summed E-state index contributed by atoms with van der Waals surface area (Å²) in [6.45, 7) is 3.16. The highest BCUT2D eigenvalue weighted by molar-refractivity contribution is 5.91. The minimum Gasteiger partial charge on any atom is -0.444 e. The van der Waals surface area contributed by atoms with Crippen LogP contribution in [0.1, 0.15) is 12.8 Å². The van der Waals surface area contributed by atoms with Crippen molar-refractivity contribution in [2.45, 2.75) is 18.9 Å². The number of ether oxygens (including phenoxy) is 1. The van der Waals surface area contributed by atoms with E-state index in [4.69, 9.17) is 4.74 Å². The molecule has 1 atom stereocenters. The molecule has 0 aromatic heterocycles. The van der Waals surface area contributed by atoms with Crippen molar-refractivity contribution in [1.82, 2.24) is 4.90 Å². The molecule has 3 heterocycles. The third-order valence-corrected chi connectivity index (χ3v) is 5.10. The first-order chi connectivity index (χ1) is 11.8. The van der Waals surface area contributed by atoms with E-state index in [2.05, 4.69) is 10.2 Å². The van der Waals surface area contributed by atoms with E-state index >= 15 is 0 Å². The van der Waals surface area contributed by atoms with E-state index in [0.29, 0.717) is 5.92 Å². The largest absolute Gasteiger partial charge is 0.444 e. The maximum absolute atomic E-state index is 12.4. The summed E-state index contributed by atoms with van der Waals surface area (Å²) >= 11 is 0. The van der Waals surface area contributed by atoms with Crippen LogP contribution in [-0.4, -0.2) is 36.7 Å². The van der Waals surface area contributed by atoms with E-state index in [-0.39, 0.29) is 12.2 Å². The van der Waals surface area contributed by atoms with Crippen molar-refractivity contribution in [2.75, 3.05) is 25.0 Å². The molecule has 3 fully saturated rings. The summed E-state index contributed by atoms with van der Waals surface area (Å²) in [6.07, 6.45) is 1.95. The summed E-state index contributed by atoms with van der Waals surface area (Å²) in [7, 11) is 0. The van der Waals surface area contributed by atoms with Gasteiger partial charge in [0.05, 0.1) is 5.69 Å². The first-order valence-corrected chi connectivity index (χ1v) is 8.64. The lowest BCUT2D eigenvalue weighted by Crippen LogP contribution is -2.52. The molecule has 1 N–H and O–H groups in total. The zero-order valence-electron chi connectivity index (χ0n) is 13.7. The van der Waals surface area contributed by atoms with Crippen LogP contribution in [0.15, 0.2) is 54.6 Å². The first kappa shape index (κ1) is 15.2. The summed E-state index contributed by atoms with van der Waals surface area (Å²) in [4.78, 5) is 14.8. The Bertz CT molecular complexity index is 709. The summed E-state index contributed by atoms with van der Waals surface area (Å²) in [5.41, 5.74) is 2.87. The standard InChI is InChI=1S/C20H22N2O2/c23-20(24-19-14-22-12-10-16(19)11-13-22)21-18-9-5-4-8-17(18)15-6-2-1-3-7-15/h1-9,16,19H,10-14H2,(H,21,23)/t19-/m1/s1. The van der Waals surface area contributed by atoms with Gasteiger partial charge in [0, 0.05) is 12.1 Å². The first-order valence-electron chi connectivity index (χ1n) is 8.64. The highest BCUT2D eigenvalue weighted by Gasteiger charge is 2.36. The van der Waals surface area contributed by atoms with Crippen molar-refractivity contribution >= 4 is 11.8 Å². The molecule has 2 aromatic rings. The number of rotatable bonds is 3. The molecule has 3 saturated heterocycles. The molecule has 0 spiro atoms. The van der Waals surface area contributed by atoms with Gasteiger partial charge in [-0.2, -0.15) is 0 Å². The molecule has 4 heteroatoms. The highest BCUT2D eigenvalue weighted by atomic mass is 16.6. The summed E-state index contributed by atoms with van der Waals surface area (Å²) in [5, 5.41) is 2.94. The second-order valence-corrected chi connectivity index (χ2v) is 6.62. The Kier molecular flexibility index (Phi) is 4.22. The highest BCUT2D eigenvalue weighted by Crippen LogP contribution is 2.31. The second-order valence-electron chi connectivity index (χ2n) is 6.62. The van der Waals surface area contributed by atoms with Crippen LogP contribution in [0.5, 0.6) is 0 Å².